The number of methoxy groups -OCH3 is 1. The molecule has 0 aliphatic heterocycles. The van der Waals surface area contributed by atoms with Gasteiger partial charge in [0.05, 0.1) is 12.8 Å². The van der Waals surface area contributed by atoms with Crippen molar-refractivity contribution in [2.45, 2.75) is 12.3 Å². The van der Waals surface area contributed by atoms with E-state index in [1.807, 2.05) is 6.07 Å². The minimum atomic E-state index is -0.765. The van der Waals surface area contributed by atoms with E-state index in [9.17, 15) is 4.79 Å². The fourth-order valence-electron chi connectivity index (χ4n) is 1.16. The van der Waals surface area contributed by atoms with E-state index in [0.717, 1.165) is 0 Å². The number of esters is 1. The number of carbonyl (C=O) groups excluding carboxylic acids is 1. The highest BCUT2D eigenvalue weighted by Gasteiger charge is 2.36. The molecular formula is C10H13NO2S. The molecule has 1 atom stereocenters. The van der Waals surface area contributed by atoms with E-state index in [0.29, 0.717) is 11.4 Å². The standard InChI is InChI=1S/C10H13NO2S/c1-10(7-14,9(12)13-2)8-5-3-4-6-11-8/h3-6,14H,7H2,1-2H3. The Morgan fingerprint density at radius 1 is 1.64 bits per heavy atom. The Bertz CT molecular complexity index is 315. The normalized spacial score (nSPS) is 14.5. The van der Waals surface area contributed by atoms with E-state index in [4.69, 9.17) is 4.74 Å². The van der Waals surface area contributed by atoms with Crippen molar-refractivity contribution in [1.82, 2.24) is 4.98 Å². The first-order valence-corrected chi connectivity index (χ1v) is 4.89. The summed E-state index contributed by atoms with van der Waals surface area (Å²) in [5.41, 5.74) is -0.0825. The molecule has 14 heavy (non-hydrogen) atoms. The number of ether oxygens (including phenoxy) is 1. The lowest BCUT2D eigenvalue weighted by molar-refractivity contribution is -0.146. The molecule has 0 radical (unpaired) electrons. The van der Waals surface area contributed by atoms with E-state index >= 15 is 0 Å². The molecule has 76 valence electrons. The zero-order valence-electron chi connectivity index (χ0n) is 8.23. The number of carbonyl (C=O) groups is 1. The third-order valence-electron chi connectivity index (χ3n) is 2.18. The molecule has 0 amide bonds. The average molecular weight is 211 g/mol. The summed E-state index contributed by atoms with van der Waals surface area (Å²) in [5, 5.41) is 0. The van der Waals surface area contributed by atoms with Crippen LogP contribution in [0.4, 0.5) is 0 Å². The van der Waals surface area contributed by atoms with Gasteiger partial charge < -0.3 is 4.74 Å². The molecule has 1 aromatic rings. The minimum Gasteiger partial charge on any atom is -0.468 e. The lowest BCUT2D eigenvalue weighted by Gasteiger charge is -2.23. The molecule has 1 rings (SSSR count). The van der Waals surface area contributed by atoms with Crippen molar-refractivity contribution < 1.29 is 9.53 Å². The van der Waals surface area contributed by atoms with Crippen molar-refractivity contribution in [3.8, 4) is 0 Å². The lowest BCUT2D eigenvalue weighted by Crippen LogP contribution is -2.36. The highest BCUT2D eigenvalue weighted by Crippen LogP contribution is 2.24. The highest BCUT2D eigenvalue weighted by atomic mass is 32.1. The first kappa shape index (κ1) is 11.0. The maximum atomic E-state index is 11.6. The third kappa shape index (κ3) is 1.90. The van der Waals surface area contributed by atoms with Gasteiger partial charge in [0.1, 0.15) is 5.41 Å². The Labute approximate surface area is 88.9 Å². The Balaban J connectivity index is 3.08. The smallest absolute Gasteiger partial charge is 0.318 e. The molecular weight excluding hydrogens is 198 g/mol. The van der Waals surface area contributed by atoms with Crippen LogP contribution in [-0.2, 0) is 14.9 Å². The molecule has 0 fully saturated rings. The van der Waals surface area contributed by atoms with Crippen LogP contribution in [0.3, 0.4) is 0 Å². The van der Waals surface area contributed by atoms with Gasteiger partial charge in [0.15, 0.2) is 0 Å². The van der Waals surface area contributed by atoms with Crippen molar-refractivity contribution in [3.05, 3.63) is 30.1 Å². The second kappa shape index (κ2) is 4.46. The van der Waals surface area contributed by atoms with Crippen LogP contribution in [0, 0.1) is 0 Å². The molecule has 0 aromatic carbocycles. The van der Waals surface area contributed by atoms with Gasteiger partial charge in [0, 0.05) is 11.9 Å². The summed E-state index contributed by atoms with van der Waals surface area (Å²) in [7, 11) is 1.37. The van der Waals surface area contributed by atoms with Crippen molar-refractivity contribution in [2.75, 3.05) is 12.9 Å². The molecule has 0 N–H and O–H groups in total. The maximum absolute atomic E-state index is 11.6. The summed E-state index contributed by atoms with van der Waals surface area (Å²) < 4.78 is 4.73. The molecule has 0 saturated carbocycles. The fourth-order valence-corrected chi connectivity index (χ4v) is 1.46. The molecule has 0 aliphatic rings. The van der Waals surface area contributed by atoms with E-state index in [2.05, 4.69) is 17.6 Å². The van der Waals surface area contributed by atoms with Crippen LogP contribution in [0.2, 0.25) is 0 Å². The zero-order valence-corrected chi connectivity index (χ0v) is 9.12. The Morgan fingerprint density at radius 3 is 2.79 bits per heavy atom. The summed E-state index contributed by atoms with van der Waals surface area (Å²) in [4.78, 5) is 15.7. The fraction of sp³-hybridized carbons (Fsp3) is 0.400. The molecule has 0 saturated heterocycles. The quantitative estimate of drug-likeness (QED) is 0.607. The van der Waals surface area contributed by atoms with Gasteiger partial charge in [-0.15, -0.1) is 0 Å². The van der Waals surface area contributed by atoms with Crippen molar-refractivity contribution in [1.29, 1.82) is 0 Å². The maximum Gasteiger partial charge on any atom is 0.318 e. The Kier molecular flexibility index (Phi) is 3.52. The predicted octanol–water partition coefficient (Wildman–Crippen LogP) is 1.44. The number of hydrogen-bond acceptors (Lipinski definition) is 4. The Morgan fingerprint density at radius 2 is 2.36 bits per heavy atom. The van der Waals surface area contributed by atoms with Gasteiger partial charge in [-0.2, -0.15) is 12.6 Å². The summed E-state index contributed by atoms with van der Waals surface area (Å²) in [6.07, 6.45) is 1.65. The molecule has 0 aliphatic carbocycles. The second-order valence-corrected chi connectivity index (χ2v) is 3.51. The molecule has 1 heterocycles. The molecule has 4 heteroatoms. The average Bonchev–Trinajstić information content (AvgIpc) is 2.28. The number of pyridine rings is 1. The molecule has 1 unspecified atom stereocenters. The van der Waals surface area contributed by atoms with Crippen LogP contribution in [-0.4, -0.2) is 23.8 Å². The molecule has 3 nitrogen and oxygen atoms in total. The summed E-state index contributed by atoms with van der Waals surface area (Å²) in [6.45, 7) is 1.77. The highest BCUT2D eigenvalue weighted by molar-refractivity contribution is 7.80. The van der Waals surface area contributed by atoms with Crippen LogP contribution in [0.15, 0.2) is 24.4 Å². The van der Waals surface area contributed by atoms with Gasteiger partial charge >= 0.3 is 5.97 Å². The van der Waals surface area contributed by atoms with Gasteiger partial charge in [-0.05, 0) is 19.1 Å². The number of aromatic nitrogens is 1. The van der Waals surface area contributed by atoms with Crippen molar-refractivity contribution in [3.63, 3.8) is 0 Å². The number of rotatable bonds is 3. The van der Waals surface area contributed by atoms with Crippen molar-refractivity contribution >= 4 is 18.6 Å². The Hall–Kier alpha value is -1.03. The van der Waals surface area contributed by atoms with E-state index in [1.54, 1.807) is 25.3 Å². The first-order chi connectivity index (χ1) is 6.65. The predicted molar refractivity (Wildman–Crippen MR) is 57.5 cm³/mol. The van der Waals surface area contributed by atoms with Gasteiger partial charge in [0.25, 0.3) is 0 Å². The summed E-state index contributed by atoms with van der Waals surface area (Å²) in [5.74, 6) is 0.0580. The first-order valence-electron chi connectivity index (χ1n) is 4.26. The van der Waals surface area contributed by atoms with Gasteiger partial charge in [-0.1, -0.05) is 6.07 Å². The monoisotopic (exact) mass is 211 g/mol. The molecule has 0 spiro atoms. The van der Waals surface area contributed by atoms with Crippen LogP contribution in [0.1, 0.15) is 12.6 Å². The molecule has 0 bridgehead atoms. The van der Waals surface area contributed by atoms with Gasteiger partial charge in [-0.25, -0.2) is 0 Å². The van der Waals surface area contributed by atoms with E-state index < -0.39 is 5.41 Å². The van der Waals surface area contributed by atoms with Crippen LogP contribution < -0.4 is 0 Å². The SMILES string of the molecule is COC(=O)C(C)(CS)c1ccccn1. The van der Waals surface area contributed by atoms with Crippen LogP contribution in [0.25, 0.3) is 0 Å². The zero-order chi connectivity index (χ0) is 10.6. The minimum absolute atomic E-state index is 0.314. The van der Waals surface area contributed by atoms with Crippen LogP contribution in [0.5, 0.6) is 0 Å². The van der Waals surface area contributed by atoms with E-state index in [-0.39, 0.29) is 5.97 Å². The number of nitrogens with zero attached hydrogens (tertiary/aromatic N) is 1. The number of thiol groups is 1. The summed E-state index contributed by atoms with van der Waals surface area (Å²) >= 11 is 4.17. The lowest BCUT2D eigenvalue weighted by atomic mass is 9.88. The molecule has 1 aromatic heterocycles. The largest absolute Gasteiger partial charge is 0.468 e. The second-order valence-electron chi connectivity index (χ2n) is 3.20. The third-order valence-corrected chi connectivity index (χ3v) is 2.81. The van der Waals surface area contributed by atoms with Crippen LogP contribution >= 0.6 is 12.6 Å². The van der Waals surface area contributed by atoms with E-state index in [1.165, 1.54) is 7.11 Å². The van der Waals surface area contributed by atoms with Gasteiger partial charge in [-0.3, -0.25) is 9.78 Å². The summed E-state index contributed by atoms with van der Waals surface area (Å²) in [6, 6.07) is 5.44. The topological polar surface area (TPSA) is 39.2 Å². The van der Waals surface area contributed by atoms with Crippen molar-refractivity contribution in [2.24, 2.45) is 0 Å². The number of hydrogen-bond donors (Lipinski definition) is 1. The van der Waals surface area contributed by atoms with Gasteiger partial charge in [0.2, 0.25) is 0 Å².